The van der Waals surface area contributed by atoms with Crippen molar-refractivity contribution in [2.24, 2.45) is 4.99 Å². The van der Waals surface area contributed by atoms with E-state index in [9.17, 15) is 0 Å². The van der Waals surface area contributed by atoms with Gasteiger partial charge in [0.1, 0.15) is 5.75 Å². The first-order chi connectivity index (χ1) is 14.7. The molecule has 166 valence electrons. The third kappa shape index (κ3) is 5.26. The van der Waals surface area contributed by atoms with E-state index in [-0.39, 0.29) is 24.0 Å². The number of fused-ring (bicyclic) bond motifs is 1. The maximum atomic E-state index is 5.52. The molecule has 7 heteroatoms. The van der Waals surface area contributed by atoms with Crippen LogP contribution in [0.15, 0.2) is 53.5 Å². The number of hydrogen-bond donors (Lipinski definition) is 3. The minimum absolute atomic E-state index is 0. The number of nitrogens with zero attached hydrogens (tertiary/aromatic N) is 2. The Labute approximate surface area is 201 Å². The number of halogens is 1. The second-order valence-corrected chi connectivity index (χ2v) is 7.77. The van der Waals surface area contributed by atoms with E-state index in [0.29, 0.717) is 6.04 Å². The lowest BCUT2D eigenvalue weighted by atomic mass is 10.1. The molecule has 1 aromatic heterocycles. The van der Waals surface area contributed by atoms with Crippen molar-refractivity contribution in [1.82, 2.24) is 15.6 Å². The Bertz CT molecular complexity index is 1030. The largest absolute Gasteiger partial charge is 0.495 e. The maximum absolute atomic E-state index is 5.52. The molecule has 3 N–H and O–H groups in total. The summed E-state index contributed by atoms with van der Waals surface area (Å²) >= 11 is 0. The molecule has 6 nitrogen and oxygen atoms in total. The zero-order valence-corrected chi connectivity index (χ0v) is 20.8. The molecule has 4 rings (SSSR count). The summed E-state index contributed by atoms with van der Waals surface area (Å²) in [5.41, 5.74) is 4.97. The van der Waals surface area contributed by atoms with Gasteiger partial charge in [0, 0.05) is 49.3 Å². The van der Waals surface area contributed by atoms with Crippen molar-refractivity contribution in [2.45, 2.75) is 25.8 Å². The minimum atomic E-state index is 0. The van der Waals surface area contributed by atoms with Gasteiger partial charge in [-0.2, -0.15) is 0 Å². The van der Waals surface area contributed by atoms with Gasteiger partial charge in [0.15, 0.2) is 5.96 Å². The number of H-pyrrole nitrogens is 1. The van der Waals surface area contributed by atoms with E-state index in [0.717, 1.165) is 49.9 Å². The Morgan fingerprint density at radius 2 is 1.97 bits per heavy atom. The number of ether oxygens (including phenoxy) is 1. The predicted octanol–water partition coefficient (Wildman–Crippen LogP) is 4.09. The molecule has 1 atom stereocenters. The van der Waals surface area contributed by atoms with E-state index >= 15 is 0 Å². The molecule has 1 fully saturated rings. The Hall–Kier alpha value is -2.42. The number of hydrogen-bond acceptors (Lipinski definition) is 3. The Morgan fingerprint density at radius 3 is 2.77 bits per heavy atom. The topological polar surface area (TPSA) is 64.7 Å². The molecule has 31 heavy (non-hydrogen) atoms. The van der Waals surface area contributed by atoms with E-state index in [1.165, 1.54) is 22.2 Å². The molecule has 1 unspecified atom stereocenters. The zero-order chi connectivity index (χ0) is 20.9. The van der Waals surface area contributed by atoms with Crippen molar-refractivity contribution in [3.63, 3.8) is 0 Å². The fourth-order valence-corrected chi connectivity index (χ4v) is 4.34. The lowest BCUT2D eigenvalue weighted by molar-refractivity contribution is 0.415. The molecule has 0 amide bonds. The van der Waals surface area contributed by atoms with E-state index < -0.39 is 0 Å². The molecule has 3 aromatic rings. The molecular formula is C24H32IN5O. The lowest BCUT2D eigenvalue weighted by Crippen LogP contribution is -2.45. The summed E-state index contributed by atoms with van der Waals surface area (Å²) in [5, 5.41) is 8.38. The average Bonchev–Trinajstić information content (AvgIpc) is 3.37. The fourth-order valence-electron chi connectivity index (χ4n) is 4.34. The Balaban J connectivity index is 0.00000272. The monoisotopic (exact) mass is 533 g/mol. The summed E-state index contributed by atoms with van der Waals surface area (Å²) in [5.74, 6) is 1.79. The number of nitrogens with one attached hydrogen (secondary N) is 3. The van der Waals surface area contributed by atoms with Gasteiger partial charge >= 0.3 is 0 Å². The maximum Gasteiger partial charge on any atom is 0.191 e. The zero-order valence-electron chi connectivity index (χ0n) is 18.4. The second-order valence-electron chi connectivity index (χ2n) is 7.77. The highest BCUT2D eigenvalue weighted by molar-refractivity contribution is 14.0. The van der Waals surface area contributed by atoms with Crippen molar-refractivity contribution in [2.75, 3.05) is 38.7 Å². The van der Waals surface area contributed by atoms with Gasteiger partial charge in [0.05, 0.1) is 12.8 Å². The van der Waals surface area contributed by atoms with E-state index in [1.807, 2.05) is 19.2 Å². The van der Waals surface area contributed by atoms with Crippen LogP contribution in [0.4, 0.5) is 5.69 Å². The standard InChI is InChI=1S/C24H31N5O.HI/c1-17-19(20-8-4-5-9-21(20)27-17)12-14-26-24(25-2)28-18-13-15-29(16-18)22-10-6-7-11-23(22)30-3;/h4-11,18,27H,12-16H2,1-3H3,(H2,25,26,28);1H. The lowest BCUT2D eigenvalue weighted by Gasteiger charge is -2.22. The number of aliphatic imine (C=N–C) groups is 1. The summed E-state index contributed by atoms with van der Waals surface area (Å²) in [6, 6.07) is 17.1. The van der Waals surface area contributed by atoms with Crippen LogP contribution in [0.3, 0.4) is 0 Å². The molecule has 2 heterocycles. The molecule has 0 saturated carbocycles. The van der Waals surface area contributed by atoms with Crippen LogP contribution in [0, 0.1) is 6.92 Å². The summed E-state index contributed by atoms with van der Waals surface area (Å²) in [6.07, 6.45) is 2.02. The van der Waals surface area contributed by atoms with E-state index in [1.54, 1.807) is 7.11 Å². The summed E-state index contributed by atoms with van der Waals surface area (Å²) in [4.78, 5) is 10.3. The van der Waals surface area contributed by atoms with Crippen LogP contribution in [0.1, 0.15) is 17.7 Å². The van der Waals surface area contributed by atoms with Gasteiger partial charge in [-0.1, -0.05) is 30.3 Å². The van der Waals surface area contributed by atoms with Gasteiger partial charge < -0.3 is 25.3 Å². The molecule has 1 aliphatic heterocycles. The van der Waals surface area contributed by atoms with Crippen LogP contribution in [0.5, 0.6) is 5.75 Å². The van der Waals surface area contributed by atoms with Gasteiger partial charge in [-0.3, -0.25) is 4.99 Å². The molecule has 0 spiro atoms. The van der Waals surface area contributed by atoms with Crippen LogP contribution < -0.4 is 20.3 Å². The highest BCUT2D eigenvalue weighted by Gasteiger charge is 2.25. The molecule has 0 aliphatic carbocycles. The summed E-state index contributed by atoms with van der Waals surface area (Å²) in [6.45, 7) is 4.92. The number of benzene rings is 2. The SMILES string of the molecule is CN=C(NCCc1c(C)[nH]c2ccccc12)NC1CCN(c2ccccc2OC)C1.I. The first-order valence-electron chi connectivity index (χ1n) is 10.6. The predicted molar refractivity (Wildman–Crippen MR) is 140 cm³/mol. The normalized spacial score (nSPS) is 16.3. The van der Waals surface area contributed by atoms with Crippen molar-refractivity contribution in [1.29, 1.82) is 0 Å². The number of anilines is 1. The minimum Gasteiger partial charge on any atom is -0.495 e. The third-order valence-corrected chi connectivity index (χ3v) is 5.87. The van der Waals surface area contributed by atoms with Crippen LogP contribution in [0.25, 0.3) is 10.9 Å². The fraction of sp³-hybridized carbons (Fsp3) is 0.375. The first-order valence-corrected chi connectivity index (χ1v) is 10.6. The number of rotatable bonds is 6. The van der Waals surface area contributed by atoms with Crippen LogP contribution >= 0.6 is 24.0 Å². The molecule has 2 aromatic carbocycles. The van der Waals surface area contributed by atoms with E-state index in [2.05, 4.69) is 68.8 Å². The van der Waals surface area contributed by atoms with Crippen molar-refractivity contribution in [3.8, 4) is 5.75 Å². The second kappa shape index (κ2) is 10.7. The van der Waals surface area contributed by atoms with Crippen LogP contribution in [0.2, 0.25) is 0 Å². The highest BCUT2D eigenvalue weighted by atomic mass is 127. The molecule has 0 bridgehead atoms. The Morgan fingerprint density at radius 1 is 1.19 bits per heavy atom. The quantitative estimate of drug-likeness (QED) is 0.254. The number of methoxy groups -OCH3 is 1. The number of aryl methyl sites for hydroxylation is 1. The first kappa shape index (κ1) is 23.2. The number of aromatic amines is 1. The molecule has 1 aliphatic rings. The van der Waals surface area contributed by atoms with Gasteiger partial charge in [-0.25, -0.2) is 0 Å². The molecular weight excluding hydrogens is 501 g/mol. The number of aromatic nitrogens is 1. The van der Waals surface area contributed by atoms with Crippen molar-refractivity contribution < 1.29 is 4.74 Å². The third-order valence-electron chi connectivity index (χ3n) is 5.87. The van der Waals surface area contributed by atoms with Crippen LogP contribution in [-0.4, -0.2) is 50.8 Å². The highest BCUT2D eigenvalue weighted by Crippen LogP contribution is 2.30. The smallest absolute Gasteiger partial charge is 0.191 e. The van der Waals surface area contributed by atoms with Gasteiger partial charge in [0.25, 0.3) is 0 Å². The summed E-state index contributed by atoms with van der Waals surface area (Å²) in [7, 11) is 3.56. The van der Waals surface area contributed by atoms with Gasteiger partial charge in [0.2, 0.25) is 0 Å². The Kier molecular flexibility index (Phi) is 8.06. The average molecular weight is 533 g/mol. The van der Waals surface area contributed by atoms with E-state index in [4.69, 9.17) is 4.74 Å². The molecule has 1 saturated heterocycles. The number of para-hydroxylation sites is 3. The van der Waals surface area contributed by atoms with Crippen molar-refractivity contribution >= 4 is 46.5 Å². The van der Waals surface area contributed by atoms with Crippen LogP contribution in [-0.2, 0) is 6.42 Å². The summed E-state index contributed by atoms with van der Waals surface area (Å²) < 4.78 is 5.52. The van der Waals surface area contributed by atoms with Gasteiger partial charge in [-0.05, 0) is 43.5 Å². The molecule has 0 radical (unpaired) electrons. The van der Waals surface area contributed by atoms with Gasteiger partial charge in [-0.15, -0.1) is 24.0 Å². The number of guanidine groups is 1. The van der Waals surface area contributed by atoms with Crippen molar-refractivity contribution in [3.05, 3.63) is 59.8 Å².